The van der Waals surface area contributed by atoms with Crippen LogP contribution in [-0.4, -0.2) is 47.2 Å². The monoisotopic (exact) mass is 476 g/mol. The molecular weight excluding hydrogens is 432 g/mol. The number of benzene rings is 1. The molecule has 2 fully saturated rings. The van der Waals surface area contributed by atoms with Gasteiger partial charge in [0.25, 0.3) is 0 Å². The molecule has 0 N–H and O–H groups in total. The lowest BCUT2D eigenvalue weighted by Gasteiger charge is -2.26. The summed E-state index contributed by atoms with van der Waals surface area (Å²) in [6.07, 6.45) is 7.59. The standard InChI is InChI=1S/C22H33N3OS.C3H8.CH3NO/c1-22(2,3)21-23-19-15-18(27-24-11-5-4-6-12-24)7-8-20(19)25(21)16-17-9-13-26-14-10-17;1-3-2;1-2-3/h7-8,15,17H,4-6,9-14,16H2,1-3H3;3H2,1-2H3;1H3. The number of nitrogens with zero attached hydrogens (tertiary/aromatic N) is 4. The number of nitroso groups, excluding NO2 is 1. The molecule has 0 amide bonds. The van der Waals surface area contributed by atoms with Crippen LogP contribution >= 0.6 is 11.9 Å². The van der Waals surface area contributed by atoms with E-state index in [1.165, 1.54) is 62.1 Å². The van der Waals surface area contributed by atoms with Crippen LogP contribution in [-0.2, 0) is 16.7 Å². The summed E-state index contributed by atoms with van der Waals surface area (Å²) >= 11 is 1.91. The molecule has 0 bridgehead atoms. The molecule has 4 rings (SSSR count). The van der Waals surface area contributed by atoms with Crippen molar-refractivity contribution < 1.29 is 4.74 Å². The summed E-state index contributed by atoms with van der Waals surface area (Å²) in [4.78, 5) is 15.0. The summed E-state index contributed by atoms with van der Waals surface area (Å²) < 4.78 is 10.6. The van der Waals surface area contributed by atoms with Crippen molar-refractivity contribution in [1.29, 1.82) is 0 Å². The zero-order valence-corrected chi connectivity index (χ0v) is 22.4. The van der Waals surface area contributed by atoms with E-state index in [4.69, 9.17) is 14.6 Å². The van der Waals surface area contributed by atoms with Crippen molar-refractivity contribution in [2.75, 3.05) is 33.4 Å². The maximum atomic E-state index is 8.56. The highest BCUT2D eigenvalue weighted by atomic mass is 32.2. The van der Waals surface area contributed by atoms with E-state index < -0.39 is 0 Å². The molecule has 0 atom stereocenters. The highest BCUT2D eigenvalue weighted by molar-refractivity contribution is 7.97. The summed E-state index contributed by atoms with van der Waals surface area (Å²) in [7, 11) is 1.19. The number of aromatic nitrogens is 2. The van der Waals surface area contributed by atoms with Gasteiger partial charge in [0.2, 0.25) is 0 Å². The maximum Gasteiger partial charge on any atom is 0.115 e. The highest BCUT2D eigenvalue weighted by Gasteiger charge is 2.25. The van der Waals surface area contributed by atoms with Gasteiger partial charge < -0.3 is 9.30 Å². The molecule has 2 aromatic rings. The predicted molar refractivity (Wildman–Crippen MR) is 141 cm³/mol. The van der Waals surface area contributed by atoms with Gasteiger partial charge in [0.15, 0.2) is 0 Å². The first-order chi connectivity index (χ1) is 15.8. The maximum absolute atomic E-state index is 8.56. The molecule has 33 heavy (non-hydrogen) atoms. The largest absolute Gasteiger partial charge is 0.381 e. The van der Waals surface area contributed by atoms with E-state index in [2.05, 4.69) is 66.9 Å². The Balaban J connectivity index is 0.000000582. The van der Waals surface area contributed by atoms with Gasteiger partial charge in [-0.2, -0.15) is 4.91 Å². The van der Waals surface area contributed by atoms with Gasteiger partial charge in [-0.3, -0.25) is 0 Å². The quantitative estimate of drug-likeness (QED) is 0.349. The minimum Gasteiger partial charge on any atom is -0.381 e. The zero-order valence-electron chi connectivity index (χ0n) is 21.6. The van der Waals surface area contributed by atoms with E-state index in [1.54, 1.807) is 0 Å². The van der Waals surface area contributed by atoms with E-state index in [9.17, 15) is 0 Å². The Morgan fingerprint density at radius 1 is 1.12 bits per heavy atom. The molecule has 2 saturated heterocycles. The van der Waals surface area contributed by atoms with Crippen LogP contribution in [0.15, 0.2) is 28.3 Å². The number of rotatable bonds is 4. The predicted octanol–water partition coefficient (Wildman–Crippen LogP) is 7.05. The molecule has 7 heteroatoms. The lowest BCUT2D eigenvalue weighted by molar-refractivity contribution is 0.0611. The van der Waals surface area contributed by atoms with Crippen molar-refractivity contribution in [2.24, 2.45) is 11.1 Å². The van der Waals surface area contributed by atoms with Crippen molar-refractivity contribution in [3.63, 3.8) is 0 Å². The van der Waals surface area contributed by atoms with Gasteiger partial charge >= 0.3 is 0 Å². The average Bonchev–Trinajstić information content (AvgIpc) is 3.14. The fourth-order valence-corrected chi connectivity index (χ4v) is 5.25. The van der Waals surface area contributed by atoms with Gasteiger partial charge in [-0.1, -0.05) is 52.6 Å². The number of imidazole rings is 1. The summed E-state index contributed by atoms with van der Waals surface area (Å²) in [6.45, 7) is 16.3. The summed E-state index contributed by atoms with van der Waals surface area (Å²) in [5, 5.41) is 2.25. The lowest BCUT2D eigenvalue weighted by atomic mass is 9.94. The molecule has 0 spiro atoms. The summed E-state index contributed by atoms with van der Waals surface area (Å²) in [5.41, 5.74) is 2.48. The van der Waals surface area contributed by atoms with Gasteiger partial charge in [-0.25, -0.2) is 9.29 Å². The first-order valence-electron chi connectivity index (χ1n) is 12.6. The SMILES string of the molecule is CC(C)(C)c1nc2cc(SN3CCCCC3)ccc2n1CC1CCOCC1.CCC.CN=O. The molecule has 186 valence electrons. The van der Waals surface area contributed by atoms with E-state index in [-0.39, 0.29) is 5.41 Å². The molecule has 2 aliphatic heterocycles. The number of hydrogen-bond donors (Lipinski definition) is 0. The van der Waals surface area contributed by atoms with E-state index in [1.807, 2.05) is 11.9 Å². The van der Waals surface area contributed by atoms with E-state index in [0.717, 1.165) is 38.1 Å². The van der Waals surface area contributed by atoms with Crippen molar-refractivity contribution in [3.8, 4) is 0 Å². The van der Waals surface area contributed by atoms with Gasteiger partial charge in [0, 0.05) is 43.2 Å². The van der Waals surface area contributed by atoms with Crippen molar-refractivity contribution in [3.05, 3.63) is 28.9 Å². The van der Waals surface area contributed by atoms with Crippen molar-refractivity contribution in [2.45, 2.75) is 90.0 Å². The average molecular weight is 477 g/mol. The Morgan fingerprint density at radius 3 is 2.30 bits per heavy atom. The van der Waals surface area contributed by atoms with Gasteiger partial charge in [-0.15, -0.1) is 0 Å². The Kier molecular flexibility index (Phi) is 11.9. The van der Waals surface area contributed by atoms with Crippen LogP contribution < -0.4 is 0 Å². The second-order valence-corrected chi connectivity index (χ2v) is 11.1. The van der Waals surface area contributed by atoms with Crippen molar-refractivity contribution >= 4 is 23.0 Å². The van der Waals surface area contributed by atoms with Crippen LogP contribution in [0.3, 0.4) is 0 Å². The molecule has 0 radical (unpaired) electrons. The fraction of sp³-hybridized carbons (Fsp3) is 0.731. The van der Waals surface area contributed by atoms with Gasteiger partial charge in [0.1, 0.15) is 5.82 Å². The number of fused-ring (bicyclic) bond motifs is 1. The zero-order chi connectivity index (χ0) is 24.3. The van der Waals surface area contributed by atoms with Crippen LogP contribution in [0, 0.1) is 10.8 Å². The molecule has 2 aliphatic rings. The Morgan fingerprint density at radius 2 is 1.73 bits per heavy atom. The molecule has 1 aromatic heterocycles. The Labute approximate surface area is 205 Å². The third-order valence-electron chi connectivity index (χ3n) is 5.72. The normalized spacial score (nSPS) is 17.6. The van der Waals surface area contributed by atoms with Crippen LogP contribution in [0.1, 0.15) is 79.0 Å². The smallest absolute Gasteiger partial charge is 0.115 e. The summed E-state index contributed by atoms with van der Waals surface area (Å²) in [6, 6.07) is 6.88. The molecule has 1 aromatic carbocycles. The van der Waals surface area contributed by atoms with Gasteiger partial charge in [-0.05, 0) is 61.7 Å². The number of hydrogen-bond acceptors (Lipinski definition) is 6. The second-order valence-electron chi connectivity index (χ2n) is 9.97. The third kappa shape index (κ3) is 8.69. The first kappa shape index (κ1) is 27.8. The lowest BCUT2D eigenvalue weighted by Crippen LogP contribution is -2.25. The summed E-state index contributed by atoms with van der Waals surface area (Å²) in [5.74, 6) is 1.91. The van der Waals surface area contributed by atoms with Crippen LogP contribution in [0.2, 0.25) is 0 Å². The molecule has 6 nitrogen and oxygen atoms in total. The van der Waals surface area contributed by atoms with Crippen LogP contribution in [0.4, 0.5) is 0 Å². The molecule has 0 aliphatic carbocycles. The highest BCUT2D eigenvalue weighted by Crippen LogP contribution is 2.33. The van der Waals surface area contributed by atoms with Crippen LogP contribution in [0.25, 0.3) is 11.0 Å². The number of ether oxygens (including phenoxy) is 1. The van der Waals surface area contributed by atoms with Crippen molar-refractivity contribution in [1.82, 2.24) is 13.9 Å². The van der Waals surface area contributed by atoms with E-state index in [0.29, 0.717) is 5.92 Å². The topological polar surface area (TPSA) is 59.7 Å². The Bertz CT molecular complexity index is 835. The Hall–Kier alpha value is -1.44. The third-order valence-corrected chi connectivity index (χ3v) is 6.81. The molecule has 0 unspecified atom stereocenters. The number of piperidine rings is 1. The van der Waals surface area contributed by atoms with Gasteiger partial charge in [0.05, 0.1) is 18.1 Å². The fourth-order valence-electron chi connectivity index (χ4n) is 4.22. The minimum absolute atomic E-state index is 0.0460. The molecular formula is C26H44N4O2S. The first-order valence-corrected chi connectivity index (χ1v) is 13.3. The second kappa shape index (κ2) is 14.1. The van der Waals surface area contributed by atoms with E-state index >= 15 is 0 Å². The van der Waals surface area contributed by atoms with Crippen LogP contribution in [0.5, 0.6) is 0 Å². The molecule has 0 saturated carbocycles. The minimum atomic E-state index is 0.0460. The molecule has 3 heterocycles.